The lowest BCUT2D eigenvalue weighted by molar-refractivity contribution is -0.277. The maximum atomic E-state index is 13.7. The maximum absolute atomic E-state index is 13.7. The number of nitrogens with one attached hydrogen (secondary N) is 3. The van der Waals surface area contributed by atoms with Crippen LogP contribution in [0.3, 0.4) is 0 Å². The Bertz CT molecular complexity index is 1400. The fraction of sp³-hybridized carbons (Fsp3) is 0.250. The lowest BCUT2D eigenvalue weighted by Gasteiger charge is -2.39. The molecule has 1 amide bonds. The second kappa shape index (κ2) is 12.8. The van der Waals surface area contributed by atoms with E-state index in [1.165, 1.54) is 30.3 Å². The summed E-state index contributed by atoms with van der Waals surface area (Å²) in [6.07, 6.45) is -7.63. The van der Waals surface area contributed by atoms with Crippen LogP contribution in [0, 0.1) is 5.41 Å². The number of rotatable bonds is 10. The third-order valence-electron chi connectivity index (χ3n) is 6.47. The van der Waals surface area contributed by atoms with Gasteiger partial charge in [0.15, 0.2) is 0 Å². The summed E-state index contributed by atoms with van der Waals surface area (Å²) in [5, 5.41) is 63.0. The van der Waals surface area contributed by atoms with Gasteiger partial charge in [-0.25, -0.2) is 4.79 Å². The molecule has 3 aromatic rings. The SMILES string of the molecule is N=C(N)c1cccc(NC(C(=O)Nc2ccc(C(=O)O)cc2)c2ccccc2OC2OC(CO)C(O)C(O)C2O)c1. The van der Waals surface area contributed by atoms with Crippen molar-refractivity contribution in [2.24, 2.45) is 5.73 Å². The topological polar surface area (TPSA) is 228 Å². The molecule has 0 aliphatic carbocycles. The molecule has 0 bridgehead atoms. The number of carbonyl (C=O) groups excluding carboxylic acids is 1. The highest BCUT2D eigenvalue weighted by Gasteiger charge is 2.45. The molecule has 0 radical (unpaired) electrons. The summed E-state index contributed by atoms with van der Waals surface area (Å²) in [4.78, 5) is 24.9. The van der Waals surface area contributed by atoms with Crippen LogP contribution in [0.1, 0.15) is 27.5 Å². The lowest BCUT2D eigenvalue weighted by atomic mass is 9.99. The molecule has 10 N–H and O–H groups in total. The number of para-hydroxylation sites is 1. The molecule has 6 unspecified atom stereocenters. The first-order chi connectivity index (χ1) is 19.6. The van der Waals surface area contributed by atoms with E-state index in [9.17, 15) is 30.0 Å². The molecular weight excluding hydrogens is 536 g/mol. The molecule has 0 saturated carbocycles. The fourth-order valence-corrected chi connectivity index (χ4v) is 4.25. The van der Waals surface area contributed by atoms with Gasteiger partial charge in [0.2, 0.25) is 6.29 Å². The molecule has 4 rings (SSSR count). The Kier molecular flexibility index (Phi) is 9.17. The minimum absolute atomic E-state index is 0.0389. The van der Waals surface area contributed by atoms with Gasteiger partial charge in [-0.2, -0.15) is 0 Å². The van der Waals surface area contributed by atoms with Crippen LogP contribution in [-0.2, 0) is 9.53 Å². The zero-order chi connectivity index (χ0) is 29.7. The zero-order valence-corrected chi connectivity index (χ0v) is 21.5. The van der Waals surface area contributed by atoms with Crippen molar-refractivity contribution >= 4 is 29.1 Å². The number of carboxylic acids is 1. The molecule has 41 heavy (non-hydrogen) atoms. The maximum Gasteiger partial charge on any atom is 0.335 e. The largest absolute Gasteiger partial charge is 0.478 e. The molecule has 1 heterocycles. The van der Waals surface area contributed by atoms with Gasteiger partial charge in [0.25, 0.3) is 5.91 Å². The second-order valence-corrected chi connectivity index (χ2v) is 9.30. The molecule has 0 spiro atoms. The number of ether oxygens (including phenoxy) is 2. The number of aromatic carboxylic acids is 1. The number of nitrogen functional groups attached to an aromatic ring is 1. The number of benzene rings is 3. The summed E-state index contributed by atoms with van der Waals surface area (Å²) in [6, 6.07) is 17.3. The smallest absolute Gasteiger partial charge is 0.335 e. The minimum atomic E-state index is -1.68. The van der Waals surface area contributed by atoms with Crippen LogP contribution in [0.15, 0.2) is 72.8 Å². The van der Waals surface area contributed by atoms with Gasteiger partial charge in [-0.05, 0) is 42.5 Å². The first-order valence-corrected chi connectivity index (χ1v) is 12.5. The van der Waals surface area contributed by atoms with Crippen molar-refractivity contribution in [1.82, 2.24) is 0 Å². The molecular formula is C28H30N4O9. The standard InChI is InChI=1S/C28H30N4O9/c29-25(30)15-4-3-5-17(12-15)31-21(26(37)32-16-10-8-14(9-11-16)27(38)39)18-6-1-2-7-19(18)40-28-24(36)23(35)22(34)20(13-33)41-28/h1-12,20-24,28,31,33-36H,13H2,(H3,29,30)(H,32,37)(H,38,39). The molecule has 6 atom stereocenters. The quantitative estimate of drug-likeness (QED) is 0.122. The molecule has 13 heteroatoms. The van der Waals surface area contributed by atoms with E-state index in [0.29, 0.717) is 16.9 Å². The average Bonchev–Trinajstić information content (AvgIpc) is 2.97. The Morgan fingerprint density at radius 2 is 1.63 bits per heavy atom. The normalized spacial score (nSPS) is 22.8. The number of aliphatic hydroxyl groups excluding tert-OH is 4. The predicted molar refractivity (Wildman–Crippen MR) is 147 cm³/mol. The predicted octanol–water partition coefficient (Wildman–Crippen LogP) is 0.639. The van der Waals surface area contributed by atoms with Crippen molar-refractivity contribution in [3.63, 3.8) is 0 Å². The van der Waals surface area contributed by atoms with Gasteiger partial charge in [-0.3, -0.25) is 10.2 Å². The van der Waals surface area contributed by atoms with Crippen molar-refractivity contribution in [2.75, 3.05) is 17.2 Å². The Balaban J connectivity index is 1.68. The number of amidine groups is 1. The molecule has 1 saturated heterocycles. The van der Waals surface area contributed by atoms with E-state index < -0.39 is 55.2 Å². The first-order valence-electron chi connectivity index (χ1n) is 12.5. The lowest BCUT2D eigenvalue weighted by Crippen LogP contribution is -2.60. The van der Waals surface area contributed by atoms with Crippen molar-refractivity contribution in [3.05, 3.63) is 89.5 Å². The first kappa shape index (κ1) is 29.5. The third-order valence-corrected chi connectivity index (χ3v) is 6.47. The Hall–Kier alpha value is -4.53. The van der Waals surface area contributed by atoms with Crippen LogP contribution in [0.2, 0.25) is 0 Å². The summed E-state index contributed by atoms with van der Waals surface area (Å²) >= 11 is 0. The van der Waals surface area contributed by atoms with E-state index in [0.717, 1.165) is 0 Å². The molecule has 216 valence electrons. The fourth-order valence-electron chi connectivity index (χ4n) is 4.25. The summed E-state index contributed by atoms with van der Waals surface area (Å²) in [5.74, 6) is -1.80. The summed E-state index contributed by atoms with van der Waals surface area (Å²) in [5.41, 5.74) is 7.10. The van der Waals surface area contributed by atoms with Gasteiger partial charge in [0, 0.05) is 22.5 Å². The minimum Gasteiger partial charge on any atom is -0.478 e. The highest BCUT2D eigenvalue weighted by molar-refractivity contribution is 5.99. The molecule has 0 aromatic heterocycles. The number of aliphatic hydroxyl groups is 4. The van der Waals surface area contributed by atoms with Crippen molar-refractivity contribution < 1.29 is 44.6 Å². The number of hydrogen-bond acceptors (Lipinski definition) is 10. The van der Waals surface area contributed by atoms with E-state index in [1.807, 2.05) is 0 Å². The molecule has 13 nitrogen and oxygen atoms in total. The molecule has 1 aliphatic heterocycles. The Morgan fingerprint density at radius 3 is 2.29 bits per heavy atom. The number of carbonyl (C=O) groups is 2. The van der Waals surface area contributed by atoms with Gasteiger partial charge in [0.05, 0.1) is 12.2 Å². The summed E-state index contributed by atoms with van der Waals surface area (Å²) in [7, 11) is 0. The van der Waals surface area contributed by atoms with Crippen molar-refractivity contribution in [2.45, 2.75) is 36.7 Å². The van der Waals surface area contributed by atoms with Gasteiger partial charge >= 0.3 is 5.97 Å². The zero-order valence-electron chi connectivity index (χ0n) is 21.5. The van der Waals surface area contributed by atoms with E-state index >= 15 is 0 Å². The molecule has 1 aliphatic rings. The Labute approximate surface area is 234 Å². The molecule has 1 fully saturated rings. The number of hydrogen-bond donors (Lipinski definition) is 9. The van der Waals surface area contributed by atoms with Crippen molar-refractivity contribution in [1.29, 1.82) is 5.41 Å². The molecule has 3 aromatic carbocycles. The highest BCUT2D eigenvalue weighted by atomic mass is 16.7. The summed E-state index contributed by atoms with van der Waals surface area (Å²) in [6.45, 7) is -0.647. The van der Waals surface area contributed by atoms with Crippen LogP contribution < -0.4 is 21.1 Å². The monoisotopic (exact) mass is 566 g/mol. The number of carboxylic acid groups (broad SMARTS) is 1. The van der Waals surface area contributed by atoms with Gasteiger partial charge in [-0.15, -0.1) is 0 Å². The van der Waals surface area contributed by atoms with E-state index in [2.05, 4.69) is 10.6 Å². The summed E-state index contributed by atoms with van der Waals surface area (Å²) < 4.78 is 11.4. The number of amides is 1. The highest BCUT2D eigenvalue weighted by Crippen LogP contribution is 2.32. The Morgan fingerprint density at radius 1 is 0.927 bits per heavy atom. The van der Waals surface area contributed by atoms with Gasteiger partial charge in [0.1, 0.15) is 42.0 Å². The number of anilines is 2. The van der Waals surface area contributed by atoms with Crippen LogP contribution in [0.25, 0.3) is 0 Å². The second-order valence-electron chi connectivity index (χ2n) is 9.30. The van der Waals surface area contributed by atoms with Crippen molar-refractivity contribution in [3.8, 4) is 5.75 Å². The van der Waals surface area contributed by atoms with Crippen LogP contribution in [0.4, 0.5) is 11.4 Å². The third kappa shape index (κ3) is 6.80. The van der Waals surface area contributed by atoms with Gasteiger partial charge in [-0.1, -0.05) is 30.3 Å². The van der Waals surface area contributed by atoms with E-state index in [-0.39, 0.29) is 22.7 Å². The van der Waals surface area contributed by atoms with Crippen LogP contribution in [0.5, 0.6) is 5.75 Å². The van der Waals surface area contributed by atoms with E-state index in [1.54, 1.807) is 42.5 Å². The van der Waals surface area contributed by atoms with Crippen LogP contribution in [-0.4, -0.2) is 80.6 Å². The average molecular weight is 567 g/mol. The van der Waals surface area contributed by atoms with E-state index in [4.69, 9.17) is 25.7 Å². The number of nitrogens with two attached hydrogens (primary N) is 1. The van der Waals surface area contributed by atoms with Crippen LogP contribution >= 0.6 is 0 Å². The van der Waals surface area contributed by atoms with Gasteiger partial charge < -0.3 is 51.4 Å².